The smallest absolute Gasteiger partial charge is 0.315 e. The van der Waals surface area contributed by atoms with E-state index in [1.165, 1.54) is 12.1 Å². The number of aromatic nitrogens is 2. The lowest BCUT2D eigenvalue weighted by molar-refractivity contribution is 0.234. The Kier molecular flexibility index (Phi) is 6.14. The van der Waals surface area contributed by atoms with E-state index in [4.69, 9.17) is 4.52 Å². The quantitative estimate of drug-likeness (QED) is 0.670. The van der Waals surface area contributed by atoms with Crippen LogP contribution in [0.15, 0.2) is 59.1 Å². The number of urea groups is 1. The summed E-state index contributed by atoms with van der Waals surface area (Å²) in [5, 5.41) is 9.48. The molecule has 3 aromatic rings. The molecule has 1 heterocycles. The topological polar surface area (TPSA) is 80.0 Å². The van der Waals surface area contributed by atoms with Crippen molar-refractivity contribution in [2.24, 2.45) is 0 Å². The van der Waals surface area contributed by atoms with Gasteiger partial charge in [0.2, 0.25) is 5.89 Å². The summed E-state index contributed by atoms with van der Waals surface area (Å²) in [6.07, 6.45) is 1.19. The van der Waals surface area contributed by atoms with Crippen LogP contribution in [0.4, 0.5) is 9.18 Å². The highest BCUT2D eigenvalue weighted by Crippen LogP contribution is 2.12. The second kappa shape index (κ2) is 8.93. The first-order valence-corrected chi connectivity index (χ1v) is 8.75. The first-order valence-electron chi connectivity index (χ1n) is 8.75. The first-order chi connectivity index (χ1) is 13.1. The van der Waals surface area contributed by atoms with E-state index in [0.29, 0.717) is 31.1 Å². The van der Waals surface area contributed by atoms with E-state index in [0.717, 1.165) is 11.1 Å². The maximum atomic E-state index is 12.9. The van der Waals surface area contributed by atoms with E-state index in [9.17, 15) is 9.18 Å². The Labute approximate surface area is 156 Å². The summed E-state index contributed by atoms with van der Waals surface area (Å²) in [6, 6.07) is 15.3. The van der Waals surface area contributed by atoms with Gasteiger partial charge in [-0.2, -0.15) is 4.98 Å². The fourth-order valence-corrected chi connectivity index (χ4v) is 2.57. The Morgan fingerprint density at radius 2 is 1.85 bits per heavy atom. The SMILES string of the molecule is CC(NC(=O)NCCc1ccc(F)cc1)c1nc(Cc2ccccc2)no1. The number of hydrogen-bond acceptors (Lipinski definition) is 4. The van der Waals surface area contributed by atoms with Crippen molar-refractivity contribution in [2.45, 2.75) is 25.8 Å². The molecule has 0 spiro atoms. The molecule has 1 unspecified atom stereocenters. The van der Waals surface area contributed by atoms with Crippen LogP contribution in [0.1, 0.15) is 35.8 Å². The largest absolute Gasteiger partial charge is 0.338 e. The van der Waals surface area contributed by atoms with Gasteiger partial charge in [0, 0.05) is 13.0 Å². The Bertz CT molecular complexity index is 865. The van der Waals surface area contributed by atoms with Crippen molar-refractivity contribution in [3.63, 3.8) is 0 Å². The molecule has 0 aliphatic rings. The van der Waals surface area contributed by atoms with Gasteiger partial charge in [0.25, 0.3) is 0 Å². The molecule has 3 rings (SSSR count). The Morgan fingerprint density at radius 1 is 1.11 bits per heavy atom. The maximum absolute atomic E-state index is 12.9. The Balaban J connectivity index is 1.44. The molecule has 140 valence electrons. The van der Waals surface area contributed by atoms with Crippen LogP contribution in [-0.2, 0) is 12.8 Å². The zero-order chi connectivity index (χ0) is 19.1. The van der Waals surface area contributed by atoms with Crippen LogP contribution >= 0.6 is 0 Å². The summed E-state index contributed by atoms with van der Waals surface area (Å²) in [7, 11) is 0. The van der Waals surface area contributed by atoms with Crippen molar-refractivity contribution < 1.29 is 13.7 Å². The summed E-state index contributed by atoms with van der Waals surface area (Å²) in [4.78, 5) is 16.3. The highest BCUT2D eigenvalue weighted by atomic mass is 19.1. The van der Waals surface area contributed by atoms with Crippen LogP contribution in [0.5, 0.6) is 0 Å². The van der Waals surface area contributed by atoms with Crippen molar-refractivity contribution >= 4 is 6.03 Å². The minimum atomic E-state index is -0.409. The molecule has 0 saturated carbocycles. The maximum Gasteiger partial charge on any atom is 0.315 e. The number of hydrogen-bond donors (Lipinski definition) is 2. The minimum Gasteiger partial charge on any atom is -0.338 e. The third kappa shape index (κ3) is 5.64. The Morgan fingerprint density at radius 3 is 2.59 bits per heavy atom. The highest BCUT2D eigenvalue weighted by molar-refractivity contribution is 5.74. The fourth-order valence-electron chi connectivity index (χ4n) is 2.57. The van der Waals surface area contributed by atoms with E-state index >= 15 is 0 Å². The normalized spacial score (nSPS) is 11.8. The average Bonchev–Trinajstić information content (AvgIpc) is 3.13. The molecule has 0 fully saturated rings. The number of rotatable bonds is 7. The summed E-state index contributed by atoms with van der Waals surface area (Å²) in [5.74, 6) is 0.653. The molecule has 0 aliphatic carbocycles. The molecule has 7 heteroatoms. The molecule has 2 aromatic carbocycles. The number of halogens is 1. The number of benzene rings is 2. The summed E-state index contributed by atoms with van der Waals surface area (Å²) in [5.41, 5.74) is 2.04. The average molecular weight is 368 g/mol. The van der Waals surface area contributed by atoms with Crippen molar-refractivity contribution in [1.29, 1.82) is 0 Å². The van der Waals surface area contributed by atoms with Gasteiger partial charge >= 0.3 is 6.03 Å². The predicted molar refractivity (Wildman–Crippen MR) is 98.6 cm³/mol. The van der Waals surface area contributed by atoms with Crippen molar-refractivity contribution in [3.05, 3.63) is 83.3 Å². The van der Waals surface area contributed by atoms with Gasteiger partial charge in [-0.15, -0.1) is 0 Å². The van der Waals surface area contributed by atoms with Gasteiger partial charge in [-0.05, 0) is 36.6 Å². The standard InChI is InChI=1S/C20H21FN4O2/c1-14(19-24-18(25-27-19)13-16-5-3-2-4-6-16)23-20(26)22-12-11-15-7-9-17(21)10-8-15/h2-10,14H,11-13H2,1H3,(H2,22,23,26). The molecule has 1 atom stereocenters. The number of nitrogens with zero attached hydrogens (tertiary/aromatic N) is 2. The molecule has 2 N–H and O–H groups in total. The lowest BCUT2D eigenvalue weighted by Gasteiger charge is -2.11. The summed E-state index contributed by atoms with van der Waals surface area (Å²) in [6.45, 7) is 2.21. The third-order valence-corrected chi connectivity index (χ3v) is 4.02. The van der Waals surface area contributed by atoms with E-state index in [1.54, 1.807) is 19.1 Å². The fraction of sp³-hybridized carbons (Fsp3) is 0.250. The molecule has 0 saturated heterocycles. The summed E-state index contributed by atoms with van der Waals surface area (Å²) < 4.78 is 18.1. The van der Waals surface area contributed by atoms with E-state index < -0.39 is 6.04 Å². The predicted octanol–water partition coefficient (Wildman–Crippen LogP) is 3.40. The second-order valence-electron chi connectivity index (χ2n) is 6.21. The molecule has 1 aromatic heterocycles. The van der Waals surface area contributed by atoms with Gasteiger partial charge in [-0.3, -0.25) is 0 Å². The van der Waals surface area contributed by atoms with E-state index in [-0.39, 0.29) is 11.8 Å². The first kappa shape index (κ1) is 18.6. The lowest BCUT2D eigenvalue weighted by atomic mass is 10.1. The van der Waals surface area contributed by atoms with Crippen molar-refractivity contribution in [1.82, 2.24) is 20.8 Å². The monoisotopic (exact) mass is 368 g/mol. The number of carbonyl (C=O) groups excluding carboxylic acids is 1. The van der Waals surface area contributed by atoms with Crippen LogP contribution in [0, 0.1) is 5.82 Å². The van der Waals surface area contributed by atoms with Gasteiger partial charge in [-0.25, -0.2) is 9.18 Å². The van der Waals surface area contributed by atoms with Gasteiger partial charge in [0.1, 0.15) is 11.9 Å². The molecule has 0 aliphatic heterocycles. The molecule has 2 amide bonds. The van der Waals surface area contributed by atoms with Crippen LogP contribution in [0.25, 0.3) is 0 Å². The van der Waals surface area contributed by atoms with Gasteiger partial charge in [0.15, 0.2) is 5.82 Å². The van der Waals surface area contributed by atoms with Gasteiger partial charge < -0.3 is 15.2 Å². The second-order valence-corrected chi connectivity index (χ2v) is 6.21. The molecule has 6 nitrogen and oxygen atoms in total. The molecular formula is C20H21FN4O2. The zero-order valence-electron chi connectivity index (χ0n) is 15.0. The van der Waals surface area contributed by atoms with Crippen LogP contribution in [0.3, 0.4) is 0 Å². The Hall–Kier alpha value is -3.22. The third-order valence-electron chi connectivity index (χ3n) is 4.02. The molecular weight excluding hydrogens is 347 g/mol. The zero-order valence-corrected chi connectivity index (χ0v) is 15.0. The van der Waals surface area contributed by atoms with Crippen molar-refractivity contribution in [3.8, 4) is 0 Å². The van der Waals surface area contributed by atoms with E-state index in [2.05, 4.69) is 20.8 Å². The summed E-state index contributed by atoms with van der Waals surface area (Å²) >= 11 is 0. The lowest BCUT2D eigenvalue weighted by Crippen LogP contribution is -2.38. The van der Waals surface area contributed by atoms with Crippen LogP contribution in [-0.4, -0.2) is 22.7 Å². The van der Waals surface area contributed by atoms with Crippen LogP contribution < -0.4 is 10.6 Å². The minimum absolute atomic E-state index is 0.274. The number of carbonyl (C=O) groups is 1. The van der Waals surface area contributed by atoms with Crippen LogP contribution in [0.2, 0.25) is 0 Å². The highest BCUT2D eigenvalue weighted by Gasteiger charge is 2.16. The van der Waals surface area contributed by atoms with E-state index in [1.807, 2.05) is 30.3 Å². The van der Waals surface area contributed by atoms with Crippen molar-refractivity contribution in [2.75, 3.05) is 6.54 Å². The molecule has 0 radical (unpaired) electrons. The molecule has 27 heavy (non-hydrogen) atoms. The van der Waals surface area contributed by atoms with Gasteiger partial charge in [0.05, 0.1) is 0 Å². The number of nitrogens with one attached hydrogen (secondary N) is 2. The number of amides is 2. The molecule has 0 bridgehead atoms. The van der Waals surface area contributed by atoms with Gasteiger partial charge in [-0.1, -0.05) is 47.6 Å².